The topological polar surface area (TPSA) is 87.7 Å². The van der Waals surface area contributed by atoms with Gasteiger partial charge < -0.3 is 20.5 Å². The van der Waals surface area contributed by atoms with Crippen LogP contribution in [0.25, 0.3) is 0 Å². The van der Waals surface area contributed by atoms with E-state index in [1.54, 1.807) is 18.9 Å². The van der Waals surface area contributed by atoms with Crippen molar-refractivity contribution in [3.63, 3.8) is 0 Å². The highest BCUT2D eigenvalue weighted by molar-refractivity contribution is 7.98. The summed E-state index contributed by atoms with van der Waals surface area (Å²) < 4.78 is 5.22. The lowest BCUT2D eigenvalue weighted by molar-refractivity contribution is -0.141. The lowest BCUT2D eigenvalue weighted by Gasteiger charge is -2.14. The second kappa shape index (κ2) is 10.1. The Bertz CT molecular complexity index is 496. The van der Waals surface area contributed by atoms with Crippen LogP contribution in [0.4, 0.5) is 0 Å². The standard InChI is InChI=1S/C15H22N2O4S/c1-21-13-6-4-3-5-11(13)9-16-10-14(18)17-12(15(19)20)7-8-22-2/h3-6,12,16H,7-10H2,1-2H3,(H,17,18)(H,19,20)/t12-/m0/s1. The number of hydrogen-bond acceptors (Lipinski definition) is 5. The van der Waals surface area contributed by atoms with Gasteiger partial charge in [-0.15, -0.1) is 0 Å². The summed E-state index contributed by atoms with van der Waals surface area (Å²) in [5, 5.41) is 14.6. The first-order valence-corrected chi connectivity index (χ1v) is 8.31. The van der Waals surface area contributed by atoms with Crippen molar-refractivity contribution >= 4 is 23.6 Å². The number of thioether (sulfide) groups is 1. The number of ether oxygens (including phenoxy) is 1. The fourth-order valence-electron chi connectivity index (χ4n) is 1.90. The lowest BCUT2D eigenvalue weighted by Crippen LogP contribution is -2.44. The predicted molar refractivity (Wildman–Crippen MR) is 87.3 cm³/mol. The number of carbonyl (C=O) groups excluding carboxylic acids is 1. The summed E-state index contributed by atoms with van der Waals surface area (Å²) in [7, 11) is 1.59. The van der Waals surface area contributed by atoms with Crippen LogP contribution in [0.3, 0.4) is 0 Å². The van der Waals surface area contributed by atoms with Crippen LogP contribution in [0.15, 0.2) is 24.3 Å². The molecule has 1 atom stereocenters. The Morgan fingerprint density at radius 3 is 2.73 bits per heavy atom. The first-order chi connectivity index (χ1) is 10.6. The molecule has 0 aromatic heterocycles. The molecule has 22 heavy (non-hydrogen) atoms. The van der Waals surface area contributed by atoms with Gasteiger partial charge in [0.25, 0.3) is 0 Å². The number of carboxylic acid groups (broad SMARTS) is 1. The van der Waals surface area contributed by atoms with E-state index in [4.69, 9.17) is 9.84 Å². The third-order valence-electron chi connectivity index (χ3n) is 3.04. The van der Waals surface area contributed by atoms with Crippen LogP contribution in [0.2, 0.25) is 0 Å². The minimum absolute atomic E-state index is 0.0566. The van der Waals surface area contributed by atoms with Crippen LogP contribution in [0, 0.1) is 0 Å². The number of amides is 1. The van der Waals surface area contributed by atoms with Crippen LogP contribution in [0.1, 0.15) is 12.0 Å². The van der Waals surface area contributed by atoms with Crippen LogP contribution >= 0.6 is 11.8 Å². The van der Waals surface area contributed by atoms with E-state index in [2.05, 4.69) is 10.6 Å². The first-order valence-electron chi connectivity index (χ1n) is 6.92. The van der Waals surface area contributed by atoms with Crippen molar-refractivity contribution < 1.29 is 19.4 Å². The van der Waals surface area contributed by atoms with E-state index in [0.717, 1.165) is 11.3 Å². The Hall–Kier alpha value is -1.73. The monoisotopic (exact) mass is 326 g/mol. The fourth-order valence-corrected chi connectivity index (χ4v) is 2.37. The quantitative estimate of drug-likeness (QED) is 0.597. The third-order valence-corrected chi connectivity index (χ3v) is 3.68. The summed E-state index contributed by atoms with van der Waals surface area (Å²) in [5.41, 5.74) is 0.940. The molecular formula is C15H22N2O4S. The second-order valence-corrected chi connectivity index (χ2v) is 5.64. The summed E-state index contributed by atoms with van der Waals surface area (Å²) in [4.78, 5) is 22.8. The fraction of sp³-hybridized carbons (Fsp3) is 0.467. The van der Waals surface area contributed by atoms with Crippen LogP contribution < -0.4 is 15.4 Å². The van der Waals surface area contributed by atoms with Crippen molar-refractivity contribution in [2.75, 3.05) is 25.7 Å². The van der Waals surface area contributed by atoms with E-state index in [1.807, 2.05) is 30.5 Å². The van der Waals surface area contributed by atoms with Crippen molar-refractivity contribution in [3.8, 4) is 5.75 Å². The Balaban J connectivity index is 2.40. The van der Waals surface area contributed by atoms with Gasteiger partial charge in [-0.25, -0.2) is 4.79 Å². The molecule has 0 bridgehead atoms. The summed E-state index contributed by atoms with van der Waals surface area (Å²) in [5.74, 6) is 0.0978. The minimum Gasteiger partial charge on any atom is -0.496 e. The molecule has 0 saturated heterocycles. The summed E-state index contributed by atoms with van der Waals surface area (Å²) >= 11 is 1.55. The van der Waals surface area contributed by atoms with Crippen molar-refractivity contribution in [2.24, 2.45) is 0 Å². The zero-order valence-electron chi connectivity index (χ0n) is 12.8. The maximum absolute atomic E-state index is 11.8. The zero-order valence-corrected chi connectivity index (χ0v) is 13.6. The van der Waals surface area contributed by atoms with Gasteiger partial charge in [-0.1, -0.05) is 18.2 Å². The minimum atomic E-state index is -1.01. The Morgan fingerprint density at radius 1 is 1.36 bits per heavy atom. The van der Waals surface area contributed by atoms with Crippen LogP contribution in [0.5, 0.6) is 5.75 Å². The number of benzene rings is 1. The first kappa shape index (κ1) is 18.3. The molecule has 0 fully saturated rings. The molecule has 0 radical (unpaired) electrons. The molecule has 1 aromatic rings. The van der Waals surface area contributed by atoms with Crippen molar-refractivity contribution in [1.82, 2.24) is 10.6 Å². The molecule has 1 amide bonds. The van der Waals surface area contributed by atoms with Gasteiger partial charge in [0.15, 0.2) is 0 Å². The van der Waals surface area contributed by atoms with Gasteiger partial charge in [0.05, 0.1) is 13.7 Å². The molecule has 0 aliphatic rings. The van der Waals surface area contributed by atoms with Gasteiger partial charge in [0, 0.05) is 12.1 Å². The Morgan fingerprint density at radius 2 is 2.09 bits per heavy atom. The van der Waals surface area contributed by atoms with Crippen LogP contribution in [-0.4, -0.2) is 48.7 Å². The average Bonchev–Trinajstić information content (AvgIpc) is 2.51. The van der Waals surface area contributed by atoms with E-state index in [-0.39, 0.29) is 12.5 Å². The molecule has 3 N–H and O–H groups in total. The van der Waals surface area contributed by atoms with E-state index in [0.29, 0.717) is 18.7 Å². The molecule has 0 unspecified atom stereocenters. The molecule has 6 nitrogen and oxygen atoms in total. The smallest absolute Gasteiger partial charge is 0.326 e. The number of aliphatic carboxylic acids is 1. The maximum atomic E-state index is 11.8. The largest absolute Gasteiger partial charge is 0.496 e. The van der Waals surface area contributed by atoms with Crippen LogP contribution in [-0.2, 0) is 16.1 Å². The van der Waals surface area contributed by atoms with Gasteiger partial charge in [-0.05, 0) is 24.5 Å². The molecule has 0 spiro atoms. The van der Waals surface area contributed by atoms with E-state index in [1.165, 1.54) is 0 Å². The van der Waals surface area contributed by atoms with Gasteiger partial charge in [-0.2, -0.15) is 11.8 Å². The number of para-hydroxylation sites is 1. The number of nitrogens with one attached hydrogen (secondary N) is 2. The molecule has 122 valence electrons. The van der Waals surface area contributed by atoms with Gasteiger partial charge in [-0.3, -0.25) is 4.79 Å². The molecule has 0 aliphatic heterocycles. The zero-order chi connectivity index (χ0) is 16.4. The lowest BCUT2D eigenvalue weighted by atomic mass is 10.2. The summed E-state index contributed by atoms with van der Waals surface area (Å²) in [6.45, 7) is 0.529. The third kappa shape index (κ3) is 6.36. The molecule has 7 heteroatoms. The normalized spacial score (nSPS) is 11.7. The highest BCUT2D eigenvalue weighted by atomic mass is 32.2. The number of carbonyl (C=O) groups is 2. The predicted octanol–water partition coefficient (Wildman–Crippen LogP) is 1.11. The Labute approximate surface area is 134 Å². The number of carboxylic acids is 1. The van der Waals surface area contributed by atoms with E-state index in [9.17, 15) is 9.59 Å². The van der Waals surface area contributed by atoms with Gasteiger partial charge >= 0.3 is 5.97 Å². The number of rotatable bonds is 10. The SMILES string of the molecule is COc1ccccc1CNCC(=O)N[C@@H](CCSC)C(=O)O. The summed E-state index contributed by atoms with van der Waals surface area (Å²) in [6, 6.07) is 6.68. The number of hydrogen-bond donors (Lipinski definition) is 3. The molecule has 0 heterocycles. The molecule has 0 saturated carbocycles. The van der Waals surface area contributed by atoms with E-state index >= 15 is 0 Å². The highest BCUT2D eigenvalue weighted by Gasteiger charge is 2.18. The van der Waals surface area contributed by atoms with Crippen molar-refractivity contribution in [3.05, 3.63) is 29.8 Å². The van der Waals surface area contributed by atoms with Crippen molar-refractivity contribution in [2.45, 2.75) is 19.0 Å². The average molecular weight is 326 g/mol. The van der Waals surface area contributed by atoms with Gasteiger partial charge in [0.2, 0.25) is 5.91 Å². The second-order valence-electron chi connectivity index (χ2n) is 4.66. The van der Waals surface area contributed by atoms with Crippen molar-refractivity contribution in [1.29, 1.82) is 0 Å². The molecule has 0 aliphatic carbocycles. The molecule has 1 aromatic carbocycles. The van der Waals surface area contributed by atoms with E-state index < -0.39 is 12.0 Å². The molecular weight excluding hydrogens is 304 g/mol. The highest BCUT2D eigenvalue weighted by Crippen LogP contribution is 2.16. The molecule has 1 rings (SSSR count). The number of methoxy groups -OCH3 is 1. The Kier molecular flexibility index (Phi) is 8.39. The van der Waals surface area contributed by atoms with Gasteiger partial charge in [0.1, 0.15) is 11.8 Å². The maximum Gasteiger partial charge on any atom is 0.326 e. The summed E-state index contributed by atoms with van der Waals surface area (Å²) in [6.07, 6.45) is 2.31.